The number of aromatic nitrogens is 3. The Labute approximate surface area is 402 Å². The Morgan fingerprint density at radius 3 is 1.88 bits per heavy atom. The number of piperidine rings is 1. The molecule has 0 saturated carbocycles. The molecule has 1 atom stereocenters. The molecule has 21 heteroatoms. The first-order valence-electron chi connectivity index (χ1n) is 22.6. The van der Waals surface area contributed by atoms with Crippen molar-refractivity contribution in [1.29, 1.82) is 0 Å². The van der Waals surface area contributed by atoms with Crippen LogP contribution >= 0.6 is 11.6 Å². The molecule has 1 unspecified atom stereocenters. The highest BCUT2D eigenvalue weighted by molar-refractivity contribution is 6.36. The minimum atomic E-state index is -1.02. The van der Waals surface area contributed by atoms with Crippen molar-refractivity contribution in [2.75, 3.05) is 116 Å². The molecule has 5 aromatic rings. The lowest BCUT2D eigenvalue weighted by molar-refractivity contribution is -0.136. The van der Waals surface area contributed by atoms with E-state index in [2.05, 4.69) is 30.9 Å². The van der Waals surface area contributed by atoms with E-state index in [0.29, 0.717) is 151 Å². The van der Waals surface area contributed by atoms with Gasteiger partial charge in [-0.1, -0.05) is 35.9 Å². The van der Waals surface area contributed by atoms with Crippen molar-refractivity contribution in [2.24, 2.45) is 0 Å². The summed E-state index contributed by atoms with van der Waals surface area (Å²) < 4.78 is 44.9. The van der Waals surface area contributed by atoms with Gasteiger partial charge in [-0.25, -0.2) is 9.97 Å². The number of ketones is 1. The van der Waals surface area contributed by atoms with Gasteiger partial charge in [0.15, 0.2) is 5.78 Å². The molecule has 4 N–H and O–H groups in total. The summed E-state index contributed by atoms with van der Waals surface area (Å²) in [6, 6.07) is 18.1. The first kappa shape index (κ1) is 50.5. The predicted molar refractivity (Wildman–Crippen MR) is 251 cm³/mol. The van der Waals surface area contributed by atoms with E-state index in [-0.39, 0.29) is 34.8 Å². The molecule has 4 heterocycles. The molecule has 2 aliphatic heterocycles. The van der Waals surface area contributed by atoms with Gasteiger partial charge in [0, 0.05) is 43.0 Å². The number of hydrogen-bond donors (Lipinski definition) is 4. The number of carbonyl (C=O) groups excluding carboxylic acids is 5. The summed E-state index contributed by atoms with van der Waals surface area (Å²) in [5.41, 5.74) is 2.09. The van der Waals surface area contributed by atoms with Gasteiger partial charge in [0.25, 0.3) is 11.8 Å². The maximum absolute atomic E-state index is 13.6. The summed E-state index contributed by atoms with van der Waals surface area (Å²) in [5.74, 6) is -0.815. The third-order valence-electron chi connectivity index (χ3n) is 10.7. The van der Waals surface area contributed by atoms with Crippen LogP contribution in [0.1, 0.15) is 49.5 Å². The van der Waals surface area contributed by atoms with Crippen LogP contribution in [0.15, 0.2) is 79.3 Å². The summed E-state index contributed by atoms with van der Waals surface area (Å²) in [6.45, 7) is 6.35. The number of benzene rings is 3. The van der Waals surface area contributed by atoms with Crippen LogP contribution in [-0.2, 0) is 42.7 Å². The summed E-state index contributed by atoms with van der Waals surface area (Å²) in [4.78, 5) is 76.3. The van der Waals surface area contributed by atoms with Crippen LogP contribution in [0.25, 0.3) is 11.0 Å². The number of nitrogens with zero attached hydrogens (tertiary/aromatic N) is 3. The van der Waals surface area contributed by atoms with Crippen LogP contribution in [0.5, 0.6) is 11.5 Å². The number of carbonyl (C=O) groups is 5. The molecule has 69 heavy (non-hydrogen) atoms. The Morgan fingerprint density at radius 2 is 1.28 bits per heavy atom. The lowest BCUT2D eigenvalue weighted by atomic mass is 10.0. The highest BCUT2D eigenvalue weighted by Crippen LogP contribution is 2.33. The fraction of sp³-hybridized carbons (Fsp3) is 0.396. The summed E-state index contributed by atoms with van der Waals surface area (Å²) in [7, 11) is 0. The third kappa shape index (κ3) is 14.1. The monoisotopic (exact) mass is 971 g/mol. The number of hydrogen-bond acceptors (Lipinski definition) is 17. The maximum Gasteiger partial charge on any atom is 0.264 e. The predicted octanol–water partition coefficient (Wildman–Crippen LogP) is 4.68. The minimum Gasteiger partial charge on any atom is -0.457 e. The van der Waals surface area contributed by atoms with Gasteiger partial charge in [-0.15, -0.1) is 0 Å². The average molecular weight is 972 g/mol. The Balaban J connectivity index is 0.642. The number of para-hydroxylation sites is 1. The van der Waals surface area contributed by atoms with E-state index in [0.717, 1.165) is 4.90 Å². The van der Waals surface area contributed by atoms with Gasteiger partial charge >= 0.3 is 0 Å². The van der Waals surface area contributed by atoms with Gasteiger partial charge in [-0.2, -0.15) is 0 Å². The molecule has 0 aliphatic carbocycles. The average Bonchev–Trinajstić information content (AvgIpc) is 3.90. The Hall–Kier alpha value is -6.36. The number of halogens is 1. The van der Waals surface area contributed by atoms with E-state index in [1.54, 1.807) is 42.6 Å². The minimum absolute atomic E-state index is 0.0568. The molecular weight excluding hydrogens is 918 g/mol. The number of aromatic amines is 1. The quantitative estimate of drug-likeness (QED) is 0.0268. The van der Waals surface area contributed by atoms with Gasteiger partial charge in [0.2, 0.25) is 11.8 Å². The zero-order valence-electron chi connectivity index (χ0n) is 37.8. The number of anilines is 2. The second-order valence-corrected chi connectivity index (χ2v) is 15.8. The Kier molecular flexibility index (Phi) is 19.3. The van der Waals surface area contributed by atoms with Crippen molar-refractivity contribution < 1.29 is 61.9 Å². The summed E-state index contributed by atoms with van der Waals surface area (Å²) in [6.07, 6.45) is 3.17. The van der Waals surface area contributed by atoms with Crippen molar-refractivity contribution in [2.45, 2.75) is 18.9 Å². The van der Waals surface area contributed by atoms with E-state index in [4.69, 9.17) is 49.5 Å². The topological polar surface area (TPSA) is 240 Å². The molecule has 7 rings (SSSR count). The van der Waals surface area contributed by atoms with Crippen LogP contribution in [0, 0.1) is 0 Å². The zero-order valence-corrected chi connectivity index (χ0v) is 38.6. The number of fused-ring (bicyclic) bond motifs is 2. The first-order chi connectivity index (χ1) is 33.8. The molecule has 20 nitrogen and oxygen atoms in total. The van der Waals surface area contributed by atoms with Gasteiger partial charge in [-0.05, 0) is 42.8 Å². The van der Waals surface area contributed by atoms with Crippen molar-refractivity contribution in [3.63, 3.8) is 0 Å². The highest BCUT2D eigenvalue weighted by atomic mass is 35.5. The SMILES string of the molecule is O=C1CCC(N2C(=O)c3cccc(NCCOCCOCCOCCOCCOCCOCCOCCNc4ncnc5[nH]cc(C(=O)c6ccc(Oc7ccccc7)cc6Cl)c45)c3C2=O)C(=O)N1. The van der Waals surface area contributed by atoms with Crippen LogP contribution in [0.2, 0.25) is 5.02 Å². The summed E-state index contributed by atoms with van der Waals surface area (Å²) in [5, 5.41) is 9.38. The van der Waals surface area contributed by atoms with Gasteiger partial charge in [0.05, 0.1) is 120 Å². The molecule has 2 aliphatic rings. The fourth-order valence-corrected chi connectivity index (χ4v) is 7.63. The smallest absolute Gasteiger partial charge is 0.264 e. The largest absolute Gasteiger partial charge is 0.457 e. The second kappa shape index (κ2) is 26.4. The maximum atomic E-state index is 13.6. The molecule has 0 bridgehead atoms. The standard InChI is InChI=1S/C48H54ClN7O13/c49-37-29-33(69-32-5-2-1-3-6-32)9-10-34(37)43(58)36-30-52-45-42(36)44(53-31-54-45)51-14-16-63-18-20-65-22-24-67-26-28-68-27-25-66-23-21-64-19-17-62-15-13-50-38-8-4-7-35-41(38)48(61)56(47(35)60)39-11-12-40(57)55-46(39)59/h1-10,29-31,39,50H,11-28H2,(H,55,57,59)(H2,51,52,53,54). The van der Waals surface area contributed by atoms with E-state index in [1.807, 2.05) is 30.3 Å². The molecular formula is C48H54ClN7O13. The molecule has 3 aromatic carbocycles. The van der Waals surface area contributed by atoms with Crippen LogP contribution in [0.4, 0.5) is 11.5 Å². The normalized spacial score (nSPS) is 14.6. The molecule has 0 radical (unpaired) electrons. The molecule has 366 valence electrons. The van der Waals surface area contributed by atoms with Crippen LogP contribution in [0.3, 0.4) is 0 Å². The number of rotatable bonds is 31. The summed E-state index contributed by atoms with van der Waals surface area (Å²) >= 11 is 6.54. The fourth-order valence-electron chi connectivity index (χ4n) is 7.37. The number of amides is 4. The third-order valence-corrected chi connectivity index (χ3v) is 11.0. The second-order valence-electron chi connectivity index (χ2n) is 15.3. The molecule has 2 aromatic heterocycles. The molecule has 4 amide bonds. The van der Waals surface area contributed by atoms with E-state index in [9.17, 15) is 24.0 Å². The molecule has 0 spiro atoms. The van der Waals surface area contributed by atoms with Gasteiger partial charge in [0.1, 0.15) is 35.3 Å². The number of imide groups is 2. The van der Waals surface area contributed by atoms with Gasteiger partial charge in [-0.3, -0.25) is 34.2 Å². The van der Waals surface area contributed by atoms with Crippen molar-refractivity contribution in [3.8, 4) is 11.5 Å². The number of nitrogens with one attached hydrogen (secondary N) is 4. The Bertz CT molecular complexity index is 2530. The van der Waals surface area contributed by atoms with Gasteiger partial charge < -0.3 is 53.5 Å². The van der Waals surface area contributed by atoms with E-state index < -0.39 is 29.7 Å². The van der Waals surface area contributed by atoms with Crippen LogP contribution in [-0.4, -0.2) is 161 Å². The zero-order chi connectivity index (χ0) is 48.2. The Morgan fingerprint density at radius 1 is 0.667 bits per heavy atom. The van der Waals surface area contributed by atoms with Crippen molar-refractivity contribution in [1.82, 2.24) is 25.2 Å². The van der Waals surface area contributed by atoms with E-state index in [1.165, 1.54) is 6.33 Å². The molecule has 1 saturated heterocycles. The molecule has 1 fully saturated rings. The highest BCUT2D eigenvalue weighted by Gasteiger charge is 2.45. The van der Waals surface area contributed by atoms with Crippen molar-refractivity contribution in [3.05, 3.63) is 107 Å². The lowest BCUT2D eigenvalue weighted by Crippen LogP contribution is -2.54. The van der Waals surface area contributed by atoms with E-state index >= 15 is 0 Å². The number of ether oxygens (including phenoxy) is 8. The lowest BCUT2D eigenvalue weighted by Gasteiger charge is -2.27. The first-order valence-corrected chi connectivity index (χ1v) is 22.9. The van der Waals surface area contributed by atoms with Crippen LogP contribution < -0.4 is 20.7 Å². The number of H-pyrrole nitrogens is 1. The van der Waals surface area contributed by atoms with Crippen molar-refractivity contribution >= 4 is 63.6 Å².